The van der Waals surface area contributed by atoms with Gasteiger partial charge in [-0.05, 0) is 55.5 Å². The topological polar surface area (TPSA) is 86.8 Å². The predicted molar refractivity (Wildman–Crippen MR) is 133 cm³/mol. The molecule has 9 heteroatoms. The van der Waals surface area contributed by atoms with Gasteiger partial charge in [0, 0.05) is 32.1 Å². The van der Waals surface area contributed by atoms with Crippen molar-refractivity contribution in [2.45, 2.75) is 44.3 Å². The number of carbonyl (C=O) groups is 2. The SMILES string of the molecule is O=C(Nc1ccccc1C(=O)N1CCCCCC1)C1CCN(S(=O)(=O)Cc2ccc(F)cc2)CC1. The van der Waals surface area contributed by atoms with E-state index in [0.717, 1.165) is 38.8 Å². The highest BCUT2D eigenvalue weighted by atomic mass is 32.2. The molecule has 2 aliphatic rings. The highest BCUT2D eigenvalue weighted by Crippen LogP contribution is 2.25. The number of rotatable bonds is 6. The molecule has 0 saturated carbocycles. The lowest BCUT2D eigenvalue weighted by atomic mass is 9.97. The Kier molecular flexibility index (Phi) is 8.18. The van der Waals surface area contributed by atoms with Crippen molar-refractivity contribution in [3.05, 3.63) is 65.5 Å². The fourth-order valence-electron chi connectivity index (χ4n) is 4.74. The van der Waals surface area contributed by atoms with E-state index in [4.69, 9.17) is 0 Å². The summed E-state index contributed by atoms with van der Waals surface area (Å²) in [4.78, 5) is 28.0. The number of hydrogen-bond donors (Lipinski definition) is 1. The van der Waals surface area contributed by atoms with Crippen LogP contribution in [-0.4, -0.2) is 55.6 Å². The lowest BCUT2D eigenvalue weighted by Crippen LogP contribution is -2.42. The zero-order chi connectivity index (χ0) is 24.8. The Balaban J connectivity index is 1.35. The molecule has 0 aromatic heterocycles. The zero-order valence-corrected chi connectivity index (χ0v) is 20.6. The summed E-state index contributed by atoms with van der Waals surface area (Å²) in [6, 6.07) is 12.5. The molecule has 0 radical (unpaired) electrons. The lowest BCUT2D eigenvalue weighted by Gasteiger charge is -2.30. The summed E-state index contributed by atoms with van der Waals surface area (Å²) in [6.45, 7) is 1.95. The maximum absolute atomic E-state index is 13.1. The number of likely N-dealkylation sites (tertiary alicyclic amines) is 1. The second kappa shape index (κ2) is 11.3. The van der Waals surface area contributed by atoms with Gasteiger partial charge in [-0.25, -0.2) is 17.1 Å². The first-order chi connectivity index (χ1) is 16.8. The molecule has 35 heavy (non-hydrogen) atoms. The molecule has 0 unspecified atom stereocenters. The van der Waals surface area contributed by atoms with Crippen LogP contribution in [0.15, 0.2) is 48.5 Å². The van der Waals surface area contributed by atoms with Gasteiger partial charge in [-0.2, -0.15) is 0 Å². The fourth-order valence-corrected chi connectivity index (χ4v) is 6.30. The molecule has 2 aliphatic heterocycles. The highest BCUT2D eigenvalue weighted by molar-refractivity contribution is 7.88. The van der Waals surface area contributed by atoms with E-state index in [1.807, 2.05) is 4.90 Å². The Morgan fingerprint density at radius 1 is 0.886 bits per heavy atom. The number of piperidine rings is 1. The average molecular weight is 502 g/mol. The quantitative estimate of drug-likeness (QED) is 0.648. The number of benzene rings is 2. The second-order valence-corrected chi connectivity index (χ2v) is 11.3. The van der Waals surface area contributed by atoms with Crippen molar-refractivity contribution in [2.24, 2.45) is 5.92 Å². The summed E-state index contributed by atoms with van der Waals surface area (Å²) in [5.41, 5.74) is 1.51. The van der Waals surface area contributed by atoms with Crippen LogP contribution in [0.3, 0.4) is 0 Å². The fraction of sp³-hybridized carbons (Fsp3) is 0.462. The Labute approximate surface area is 206 Å². The van der Waals surface area contributed by atoms with Crippen LogP contribution in [0, 0.1) is 11.7 Å². The minimum atomic E-state index is -3.56. The van der Waals surface area contributed by atoms with Gasteiger partial charge in [0.25, 0.3) is 5.91 Å². The van der Waals surface area contributed by atoms with Crippen molar-refractivity contribution in [3.63, 3.8) is 0 Å². The summed E-state index contributed by atoms with van der Waals surface area (Å²) in [5.74, 6) is -1.21. The molecule has 0 atom stereocenters. The standard InChI is InChI=1S/C26H32FN3O4S/c27-22-11-9-20(10-12-22)19-35(33,34)30-17-13-21(14-18-30)25(31)28-24-8-4-3-7-23(24)26(32)29-15-5-1-2-6-16-29/h3-4,7-12,21H,1-2,5-6,13-19H2,(H,28,31). The average Bonchev–Trinajstić information content (AvgIpc) is 3.15. The number of halogens is 1. The van der Waals surface area contributed by atoms with Crippen LogP contribution in [0.2, 0.25) is 0 Å². The van der Waals surface area contributed by atoms with E-state index in [9.17, 15) is 22.4 Å². The maximum Gasteiger partial charge on any atom is 0.255 e. The zero-order valence-electron chi connectivity index (χ0n) is 19.8. The minimum absolute atomic E-state index is 0.0653. The first kappa shape index (κ1) is 25.3. The summed E-state index contributed by atoms with van der Waals surface area (Å²) < 4.78 is 40.1. The van der Waals surface area contributed by atoms with Crippen LogP contribution >= 0.6 is 0 Å². The number of hydrogen-bond acceptors (Lipinski definition) is 4. The number of para-hydroxylation sites is 1. The smallest absolute Gasteiger partial charge is 0.255 e. The number of nitrogens with one attached hydrogen (secondary N) is 1. The van der Waals surface area contributed by atoms with Crippen LogP contribution in [0.1, 0.15) is 54.4 Å². The van der Waals surface area contributed by atoms with Crippen LogP contribution < -0.4 is 5.32 Å². The van der Waals surface area contributed by atoms with E-state index in [0.29, 0.717) is 29.7 Å². The van der Waals surface area contributed by atoms with Crippen molar-refractivity contribution in [3.8, 4) is 0 Å². The van der Waals surface area contributed by atoms with Gasteiger partial charge in [0.05, 0.1) is 17.0 Å². The van der Waals surface area contributed by atoms with Gasteiger partial charge in [0.2, 0.25) is 15.9 Å². The number of carbonyl (C=O) groups excluding carboxylic acids is 2. The van der Waals surface area contributed by atoms with Crippen molar-refractivity contribution >= 4 is 27.5 Å². The van der Waals surface area contributed by atoms with Gasteiger partial charge in [-0.3, -0.25) is 9.59 Å². The summed E-state index contributed by atoms with van der Waals surface area (Å²) >= 11 is 0. The molecular formula is C26H32FN3O4S. The van der Waals surface area contributed by atoms with E-state index in [1.54, 1.807) is 24.3 Å². The predicted octanol–water partition coefficient (Wildman–Crippen LogP) is 4.02. The third-order valence-corrected chi connectivity index (χ3v) is 8.64. The Morgan fingerprint density at radius 3 is 2.17 bits per heavy atom. The molecule has 0 spiro atoms. The van der Waals surface area contributed by atoms with Crippen molar-refractivity contribution in [1.82, 2.24) is 9.21 Å². The maximum atomic E-state index is 13.1. The van der Waals surface area contributed by atoms with Crippen LogP contribution in [0.25, 0.3) is 0 Å². The molecule has 188 valence electrons. The molecule has 2 amide bonds. The van der Waals surface area contributed by atoms with Crippen LogP contribution in [-0.2, 0) is 20.6 Å². The molecule has 0 aliphatic carbocycles. The number of amides is 2. The van der Waals surface area contributed by atoms with Crippen molar-refractivity contribution in [2.75, 3.05) is 31.5 Å². The number of anilines is 1. The summed E-state index contributed by atoms with van der Waals surface area (Å²) in [5, 5.41) is 2.92. The Hall–Kier alpha value is -2.78. The molecule has 0 bridgehead atoms. The third kappa shape index (κ3) is 6.46. The van der Waals surface area contributed by atoms with E-state index >= 15 is 0 Å². The molecular weight excluding hydrogens is 469 g/mol. The van der Waals surface area contributed by atoms with E-state index in [1.165, 1.54) is 28.6 Å². The molecule has 4 rings (SSSR count). The summed E-state index contributed by atoms with van der Waals surface area (Å²) in [6.07, 6.45) is 5.03. The van der Waals surface area contributed by atoms with Crippen molar-refractivity contribution in [1.29, 1.82) is 0 Å². The van der Waals surface area contributed by atoms with E-state index in [-0.39, 0.29) is 36.6 Å². The lowest BCUT2D eigenvalue weighted by molar-refractivity contribution is -0.120. The molecule has 1 N–H and O–H groups in total. The van der Waals surface area contributed by atoms with Gasteiger partial charge >= 0.3 is 0 Å². The number of nitrogens with zero attached hydrogens (tertiary/aromatic N) is 2. The first-order valence-electron chi connectivity index (χ1n) is 12.2. The van der Waals surface area contributed by atoms with Gasteiger partial charge in [-0.15, -0.1) is 0 Å². The molecule has 2 heterocycles. The molecule has 2 aromatic carbocycles. The molecule has 2 fully saturated rings. The van der Waals surface area contributed by atoms with E-state index < -0.39 is 15.8 Å². The monoisotopic (exact) mass is 501 g/mol. The highest BCUT2D eigenvalue weighted by Gasteiger charge is 2.32. The van der Waals surface area contributed by atoms with Gasteiger partial charge in [0.15, 0.2) is 0 Å². The second-order valence-electron chi connectivity index (χ2n) is 9.30. The molecule has 7 nitrogen and oxygen atoms in total. The van der Waals surface area contributed by atoms with Gasteiger partial charge < -0.3 is 10.2 Å². The number of sulfonamides is 1. The van der Waals surface area contributed by atoms with Gasteiger partial charge in [-0.1, -0.05) is 37.1 Å². The first-order valence-corrected chi connectivity index (χ1v) is 13.9. The third-order valence-electron chi connectivity index (χ3n) is 6.79. The van der Waals surface area contributed by atoms with Gasteiger partial charge in [0.1, 0.15) is 5.82 Å². The largest absolute Gasteiger partial charge is 0.339 e. The normalized spacial score (nSPS) is 18.1. The Bertz CT molecular complexity index is 1140. The summed E-state index contributed by atoms with van der Waals surface area (Å²) in [7, 11) is -3.56. The minimum Gasteiger partial charge on any atom is -0.339 e. The van der Waals surface area contributed by atoms with Crippen LogP contribution in [0.4, 0.5) is 10.1 Å². The Morgan fingerprint density at radius 2 is 1.51 bits per heavy atom. The van der Waals surface area contributed by atoms with E-state index in [2.05, 4.69) is 5.32 Å². The molecule has 2 aromatic rings. The molecule has 2 saturated heterocycles. The van der Waals surface area contributed by atoms with Crippen molar-refractivity contribution < 1.29 is 22.4 Å². The van der Waals surface area contributed by atoms with Crippen LogP contribution in [0.5, 0.6) is 0 Å².